The van der Waals surface area contributed by atoms with Gasteiger partial charge in [-0.1, -0.05) is 0 Å². The first-order valence-corrected chi connectivity index (χ1v) is 8.67. The molecule has 10 heteroatoms. The molecule has 0 aliphatic carbocycles. The maximum absolute atomic E-state index is 12.7. The lowest BCUT2D eigenvalue weighted by atomic mass is 10.1. The average Bonchev–Trinajstić information content (AvgIpc) is 2.41. The average molecular weight is 415 g/mol. The van der Waals surface area contributed by atoms with Crippen molar-refractivity contribution in [2.75, 3.05) is 13.1 Å². The van der Waals surface area contributed by atoms with Gasteiger partial charge >= 0.3 is 0 Å². The Kier molecular flexibility index (Phi) is 6.34. The molecule has 1 saturated heterocycles. The van der Waals surface area contributed by atoms with Crippen LogP contribution in [0.1, 0.15) is 13.8 Å². The monoisotopic (exact) mass is 413 g/mol. The highest BCUT2D eigenvalue weighted by molar-refractivity contribution is 9.10. The summed E-state index contributed by atoms with van der Waals surface area (Å²) >= 11 is 3.05. The topological polar surface area (TPSA) is 92.6 Å². The van der Waals surface area contributed by atoms with Gasteiger partial charge in [-0.05, 0) is 41.9 Å². The molecule has 0 bridgehead atoms. The Balaban J connectivity index is 0.00000242. The fourth-order valence-electron chi connectivity index (χ4n) is 2.30. The zero-order valence-electron chi connectivity index (χ0n) is 12.0. The third-order valence-electron chi connectivity index (χ3n) is 3.70. The number of nitrogens with zero attached hydrogens (tertiary/aromatic N) is 2. The molecule has 7 nitrogen and oxygen atoms in total. The number of sulfonamides is 1. The molecule has 2 atom stereocenters. The zero-order valence-corrected chi connectivity index (χ0v) is 15.2. The minimum Gasteiger partial charge on any atom is -0.311 e. The Morgan fingerprint density at radius 2 is 2.05 bits per heavy atom. The summed E-state index contributed by atoms with van der Waals surface area (Å²) in [6, 6.07) is 3.63. The number of nitrogens with one attached hydrogen (secondary N) is 1. The van der Waals surface area contributed by atoms with E-state index in [1.54, 1.807) is 0 Å². The van der Waals surface area contributed by atoms with Crippen molar-refractivity contribution in [1.82, 2.24) is 9.62 Å². The molecule has 0 saturated carbocycles. The molecule has 0 aromatic heterocycles. The van der Waals surface area contributed by atoms with Crippen LogP contribution in [0.4, 0.5) is 5.69 Å². The van der Waals surface area contributed by atoms with E-state index in [0.717, 1.165) is 0 Å². The first kappa shape index (κ1) is 19.3. The van der Waals surface area contributed by atoms with Crippen molar-refractivity contribution in [3.63, 3.8) is 0 Å². The lowest BCUT2D eigenvalue weighted by Crippen LogP contribution is -2.57. The van der Waals surface area contributed by atoms with E-state index in [9.17, 15) is 18.5 Å². The minimum absolute atomic E-state index is 0. The highest BCUT2D eigenvalue weighted by Gasteiger charge is 2.34. The maximum Gasteiger partial charge on any atom is 0.283 e. The molecule has 1 N–H and O–H groups in total. The number of rotatable bonds is 3. The van der Waals surface area contributed by atoms with Crippen LogP contribution in [0, 0.1) is 10.1 Å². The molecule has 22 heavy (non-hydrogen) atoms. The van der Waals surface area contributed by atoms with E-state index in [0.29, 0.717) is 13.1 Å². The largest absolute Gasteiger partial charge is 0.311 e. The molecule has 1 aliphatic rings. The van der Waals surface area contributed by atoms with E-state index in [2.05, 4.69) is 21.2 Å². The van der Waals surface area contributed by atoms with Gasteiger partial charge in [0.15, 0.2) is 0 Å². The molecular formula is C12H17BrClN3O4S. The predicted molar refractivity (Wildman–Crippen MR) is 88.9 cm³/mol. The van der Waals surface area contributed by atoms with Crippen molar-refractivity contribution in [3.8, 4) is 0 Å². The van der Waals surface area contributed by atoms with Gasteiger partial charge in [0.2, 0.25) is 10.0 Å². The smallest absolute Gasteiger partial charge is 0.283 e. The highest BCUT2D eigenvalue weighted by Crippen LogP contribution is 2.30. The van der Waals surface area contributed by atoms with Crippen molar-refractivity contribution in [1.29, 1.82) is 0 Å². The number of hydrogen-bond donors (Lipinski definition) is 1. The van der Waals surface area contributed by atoms with E-state index in [1.165, 1.54) is 22.5 Å². The van der Waals surface area contributed by atoms with Crippen LogP contribution < -0.4 is 5.32 Å². The molecule has 0 spiro atoms. The van der Waals surface area contributed by atoms with E-state index < -0.39 is 14.9 Å². The number of nitro benzene ring substituents is 1. The van der Waals surface area contributed by atoms with Crippen molar-refractivity contribution in [2.24, 2.45) is 0 Å². The van der Waals surface area contributed by atoms with E-state index in [-0.39, 0.29) is 39.5 Å². The number of nitro groups is 1. The molecule has 2 rings (SSSR count). The quantitative estimate of drug-likeness (QED) is 0.604. The molecule has 124 valence electrons. The number of hydrogen-bond acceptors (Lipinski definition) is 5. The van der Waals surface area contributed by atoms with E-state index >= 15 is 0 Å². The van der Waals surface area contributed by atoms with Gasteiger partial charge in [-0.3, -0.25) is 10.1 Å². The van der Waals surface area contributed by atoms with Gasteiger partial charge in [-0.15, -0.1) is 12.4 Å². The minimum atomic E-state index is -3.67. The first-order chi connectivity index (χ1) is 9.75. The number of benzene rings is 1. The number of halogens is 2. The molecule has 2 unspecified atom stereocenters. The fraction of sp³-hybridized carbons (Fsp3) is 0.500. The van der Waals surface area contributed by atoms with Crippen LogP contribution >= 0.6 is 28.3 Å². The standard InChI is InChI=1S/C12H16BrN3O4S.ClH/c1-8-9(2)15(6-5-14-8)21(19,20)10-3-4-12(16(17)18)11(13)7-10;/h3-4,7-9,14H,5-6H2,1-2H3;1H. The van der Waals surface area contributed by atoms with E-state index in [4.69, 9.17) is 0 Å². The normalized spacial score (nSPS) is 22.9. The van der Waals surface area contributed by atoms with Gasteiger partial charge < -0.3 is 5.32 Å². The summed E-state index contributed by atoms with van der Waals surface area (Å²) in [6.45, 7) is 4.73. The van der Waals surface area contributed by atoms with Gasteiger partial charge in [-0.2, -0.15) is 4.31 Å². The summed E-state index contributed by atoms with van der Waals surface area (Å²) in [5, 5.41) is 14.0. The lowest BCUT2D eigenvalue weighted by molar-refractivity contribution is -0.385. The Hall–Kier alpha value is -0.740. The lowest BCUT2D eigenvalue weighted by Gasteiger charge is -2.37. The van der Waals surface area contributed by atoms with E-state index in [1.807, 2.05) is 13.8 Å². The molecule has 1 heterocycles. The highest BCUT2D eigenvalue weighted by atomic mass is 79.9. The third kappa shape index (κ3) is 3.60. The van der Waals surface area contributed by atoms with Gasteiger partial charge in [0, 0.05) is 31.2 Å². The molecular weight excluding hydrogens is 398 g/mol. The van der Waals surface area contributed by atoms with Crippen LogP contribution in [-0.4, -0.2) is 42.8 Å². The Bertz CT molecular complexity index is 670. The molecule has 1 aromatic rings. The van der Waals surface area contributed by atoms with Crippen molar-refractivity contribution < 1.29 is 13.3 Å². The summed E-state index contributed by atoms with van der Waals surface area (Å²) in [4.78, 5) is 10.3. The molecule has 0 radical (unpaired) electrons. The Morgan fingerprint density at radius 3 is 2.59 bits per heavy atom. The van der Waals surface area contributed by atoms with Crippen molar-refractivity contribution in [3.05, 3.63) is 32.8 Å². The van der Waals surface area contributed by atoms with Crippen LogP contribution in [0.5, 0.6) is 0 Å². The fourth-order valence-corrected chi connectivity index (χ4v) is 4.70. The SMILES string of the molecule is CC1NCCN(S(=O)(=O)c2ccc([N+](=O)[O-])c(Br)c2)C1C.Cl. The maximum atomic E-state index is 12.7. The molecule has 1 aromatic carbocycles. The van der Waals surface area contributed by atoms with Gasteiger partial charge in [0.1, 0.15) is 0 Å². The summed E-state index contributed by atoms with van der Waals surface area (Å²) in [5.74, 6) is 0. The zero-order chi connectivity index (χ0) is 15.8. The Morgan fingerprint density at radius 1 is 1.41 bits per heavy atom. The Labute approximate surface area is 143 Å². The molecule has 1 aliphatic heterocycles. The van der Waals surface area contributed by atoms with Crippen molar-refractivity contribution >= 4 is 44.0 Å². The van der Waals surface area contributed by atoms with Crippen LogP contribution in [0.25, 0.3) is 0 Å². The summed E-state index contributed by atoms with van der Waals surface area (Å²) in [5.41, 5.74) is -0.157. The second kappa shape index (κ2) is 7.22. The first-order valence-electron chi connectivity index (χ1n) is 6.44. The molecule has 1 fully saturated rings. The summed E-state index contributed by atoms with van der Waals surface area (Å²) in [7, 11) is -3.67. The van der Waals surface area contributed by atoms with Gasteiger partial charge in [-0.25, -0.2) is 8.42 Å². The van der Waals surface area contributed by atoms with Gasteiger partial charge in [0.25, 0.3) is 5.69 Å². The van der Waals surface area contributed by atoms with Crippen LogP contribution in [-0.2, 0) is 10.0 Å². The predicted octanol–water partition coefficient (Wildman–Crippen LogP) is 2.15. The second-order valence-electron chi connectivity index (χ2n) is 4.97. The van der Waals surface area contributed by atoms with Gasteiger partial charge in [0.05, 0.1) is 14.3 Å². The van der Waals surface area contributed by atoms with Crippen molar-refractivity contribution in [2.45, 2.75) is 30.8 Å². The third-order valence-corrected chi connectivity index (χ3v) is 6.32. The number of piperazine rings is 1. The molecule has 0 amide bonds. The van der Waals surface area contributed by atoms with Crippen LogP contribution in [0.15, 0.2) is 27.6 Å². The summed E-state index contributed by atoms with van der Waals surface area (Å²) < 4.78 is 27.0. The summed E-state index contributed by atoms with van der Waals surface area (Å²) in [6.07, 6.45) is 0. The van der Waals surface area contributed by atoms with Crippen LogP contribution in [0.2, 0.25) is 0 Å². The van der Waals surface area contributed by atoms with Crippen LogP contribution in [0.3, 0.4) is 0 Å². The second-order valence-corrected chi connectivity index (χ2v) is 7.71.